The Kier molecular flexibility index (Phi) is 4.88. The summed E-state index contributed by atoms with van der Waals surface area (Å²) in [5, 5.41) is 0. The first-order valence-corrected chi connectivity index (χ1v) is 9.80. The molecule has 0 nitrogen and oxygen atoms in total. The normalized spacial score (nSPS) is 11.4. The van der Waals surface area contributed by atoms with Gasteiger partial charge in [0, 0.05) is 0 Å². The summed E-state index contributed by atoms with van der Waals surface area (Å²) < 4.78 is 0. The molecule has 0 amide bonds. The third-order valence-corrected chi connectivity index (χ3v) is 5.17. The average Bonchev–Trinajstić information content (AvgIpc) is 2.74. The van der Waals surface area contributed by atoms with Crippen LogP contribution in [0.2, 0.25) is 0 Å². The fraction of sp³-hybridized carbons (Fsp3) is 0.143. The van der Waals surface area contributed by atoms with Crippen LogP contribution >= 0.6 is 0 Å². The second kappa shape index (κ2) is 7.48. The Balaban J connectivity index is 1.86. The first-order chi connectivity index (χ1) is 13.5. The molecule has 0 heteroatoms. The number of benzene rings is 4. The van der Waals surface area contributed by atoms with E-state index in [0.29, 0.717) is 0 Å². The van der Waals surface area contributed by atoms with E-state index in [1.807, 2.05) is 0 Å². The lowest BCUT2D eigenvalue weighted by Crippen LogP contribution is -2.13. The van der Waals surface area contributed by atoms with E-state index in [0.717, 1.165) is 0 Å². The molecule has 0 saturated carbocycles. The Labute approximate surface area is 168 Å². The van der Waals surface area contributed by atoms with Crippen LogP contribution in [0.1, 0.15) is 26.3 Å². The lowest BCUT2D eigenvalue weighted by atomic mass is 9.79. The molecule has 137 valence electrons. The summed E-state index contributed by atoms with van der Waals surface area (Å²) in [4.78, 5) is 0. The quantitative estimate of drug-likeness (QED) is 0.349. The molecule has 28 heavy (non-hydrogen) atoms. The van der Waals surface area contributed by atoms with Crippen LogP contribution in [0.4, 0.5) is 0 Å². The molecule has 0 aromatic heterocycles. The first kappa shape index (κ1) is 18.3. The zero-order valence-electron chi connectivity index (χ0n) is 16.7. The molecule has 0 aliphatic carbocycles. The number of hydrogen-bond acceptors (Lipinski definition) is 0. The van der Waals surface area contributed by atoms with Gasteiger partial charge in [-0.05, 0) is 62.6 Å². The number of hydrogen-bond donors (Lipinski definition) is 0. The van der Waals surface area contributed by atoms with Crippen LogP contribution in [-0.2, 0) is 5.41 Å². The maximum Gasteiger partial charge on any atom is -0.00675 e. The van der Waals surface area contributed by atoms with Crippen molar-refractivity contribution in [3.05, 3.63) is 109 Å². The van der Waals surface area contributed by atoms with E-state index >= 15 is 0 Å². The molecular formula is C28H25. The molecule has 4 aromatic rings. The molecule has 0 spiro atoms. The van der Waals surface area contributed by atoms with Crippen molar-refractivity contribution in [2.45, 2.75) is 26.2 Å². The maximum atomic E-state index is 3.39. The van der Waals surface area contributed by atoms with E-state index < -0.39 is 0 Å². The van der Waals surface area contributed by atoms with Gasteiger partial charge in [0.25, 0.3) is 0 Å². The largest absolute Gasteiger partial charge is 0.0622 e. The van der Waals surface area contributed by atoms with Crippen LogP contribution in [0.5, 0.6) is 0 Å². The van der Waals surface area contributed by atoms with Gasteiger partial charge in [-0.15, -0.1) is 0 Å². The molecule has 0 bridgehead atoms. The van der Waals surface area contributed by atoms with Gasteiger partial charge in [-0.3, -0.25) is 0 Å². The molecule has 0 saturated heterocycles. The number of rotatable bonds is 3. The molecule has 0 atom stereocenters. The molecule has 0 N–H and O–H groups in total. The van der Waals surface area contributed by atoms with Gasteiger partial charge in [-0.25, -0.2) is 0 Å². The molecule has 0 heterocycles. The van der Waals surface area contributed by atoms with Crippen LogP contribution in [0, 0.1) is 6.07 Å². The van der Waals surface area contributed by atoms with E-state index in [9.17, 15) is 0 Å². The van der Waals surface area contributed by atoms with E-state index in [1.165, 1.54) is 38.9 Å². The third kappa shape index (κ3) is 3.64. The summed E-state index contributed by atoms with van der Waals surface area (Å²) in [6, 6.07) is 37.7. The molecule has 1 radical (unpaired) electrons. The van der Waals surface area contributed by atoms with Crippen molar-refractivity contribution >= 4 is 0 Å². The highest BCUT2D eigenvalue weighted by Gasteiger charge is 2.21. The van der Waals surface area contributed by atoms with Crippen LogP contribution in [-0.4, -0.2) is 0 Å². The highest BCUT2D eigenvalue weighted by Crippen LogP contribution is 2.40. The molecule has 0 fully saturated rings. The summed E-state index contributed by atoms with van der Waals surface area (Å²) >= 11 is 0. The van der Waals surface area contributed by atoms with E-state index in [-0.39, 0.29) is 5.41 Å². The van der Waals surface area contributed by atoms with Gasteiger partial charge >= 0.3 is 0 Å². The SMILES string of the molecule is CC(C)(C)c1c[c]cc(-c2ccc(-c3ccccc3)cc2)c1-c1ccccc1. The molecule has 0 aliphatic heterocycles. The summed E-state index contributed by atoms with van der Waals surface area (Å²) in [7, 11) is 0. The van der Waals surface area contributed by atoms with Crippen molar-refractivity contribution in [2.24, 2.45) is 0 Å². The van der Waals surface area contributed by atoms with Crippen LogP contribution in [0.25, 0.3) is 33.4 Å². The van der Waals surface area contributed by atoms with Gasteiger partial charge in [0.1, 0.15) is 0 Å². The predicted octanol–water partition coefficient (Wildman–Crippen LogP) is 7.79. The van der Waals surface area contributed by atoms with Gasteiger partial charge in [0.05, 0.1) is 0 Å². The zero-order valence-corrected chi connectivity index (χ0v) is 16.7. The van der Waals surface area contributed by atoms with Crippen molar-refractivity contribution in [1.82, 2.24) is 0 Å². The van der Waals surface area contributed by atoms with Gasteiger partial charge in [0.15, 0.2) is 0 Å². The molecule has 4 rings (SSSR count). The van der Waals surface area contributed by atoms with Crippen LogP contribution in [0.15, 0.2) is 97.1 Å². The molecule has 0 aliphatic rings. The lowest BCUT2D eigenvalue weighted by molar-refractivity contribution is 0.592. The van der Waals surface area contributed by atoms with Gasteiger partial charge < -0.3 is 0 Å². The monoisotopic (exact) mass is 361 g/mol. The van der Waals surface area contributed by atoms with E-state index in [1.54, 1.807) is 0 Å². The second-order valence-electron chi connectivity index (χ2n) is 8.22. The highest BCUT2D eigenvalue weighted by atomic mass is 14.3. The lowest BCUT2D eigenvalue weighted by Gasteiger charge is -2.25. The fourth-order valence-electron chi connectivity index (χ4n) is 3.71. The average molecular weight is 362 g/mol. The first-order valence-electron chi connectivity index (χ1n) is 9.80. The summed E-state index contributed by atoms with van der Waals surface area (Å²) in [6.07, 6.45) is 0. The Bertz CT molecular complexity index is 1050. The van der Waals surface area contributed by atoms with Crippen LogP contribution in [0.3, 0.4) is 0 Å². The van der Waals surface area contributed by atoms with Crippen LogP contribution < -0.4 is 0 Å². The van der Waals surface area contributed by atoms with Gasteiger partial charge in [-0.2, -0.15) is 0 Å². The zero-order chi connectivity index (χ0) is 19.6. The summed E-state index contributed by atoms with van der Waals surface area (Å²) in [5.74, 6) is 0. The second-order valence-corrected chi connectivity index (χ2v) is 8.22. The smallest absolute Gasteiger partial charge is 0.00675 e. The minimum atomic E-state index is 0.0433. The fourth-order valence-corrected chi connectivity index (χ4v) is 3.71. The standard InChI is InChI=1S/C28H25/c1-28(2,3)26-16-10-15-25(27(26)24-13-8-5-9-14-24)23-19-17-22(18-20-23)21-11-6-4-7-12-21/h4-9,11-20H,1-3H3. The Morgan fingerprint density at radius 2 is 1.04 bits per heavy atom. The highest BCUT2D eigenvalue weighted by molar-refractivity contribution is 5.87. The minimum absolute atomic E-state index is 0.0433. The molecule has 0 unspecified atom stereocenters. The molecular weight excluding hydrogens is 336 g/mol. The summed E-state index contributed by atoms with van der Waals surface area (Å²) in [5.41, 5.74) is 8.86. The van der Waals surface area contributed by atoms with E-state index in [4.69, 9.17) is 0 Å². The Hall–Kier alpha value is -3.12. The molecule has 4 aromatic carbocycles. The Morgan fingerprint density at radius 3 is 1.61 bits per heavy atom. The van der Waals surface area contributed by atoms with Crippen molar-refractivity contribution in [3.63, 3.8) is 0 Å². The van der Waals surface area contributed by atoms with Crippen molar-refractivity contribution in [3.8, 4) is 33.4 Å². The third-order valence-electron chi connectivity index (χ3n) is 5.17. The van der Waals surface area contributed by atoms with Gasteiger partial charge in [0.2, 0.25) is 0 Å². The Morgan fingerprint density at radius 1 is 0.536 bits per heavy atom. The van der Waals surface area contributed by atoms with Crippen molar-refractivity contribution < 1.29 is 0 Å². The van der Waals surface area contributed by atoms with Crippen molar-refractivity contribution in [2.75, 3.05) is 0 Å². The van der Waals surface area contributed by atoms with E-state index in [2.05, 4.69) is 124 Å². The topological polar surface area (TPSA) is 0 Å². The van der Waals surface area contributed by atoms with Gasteiger partial charge in [-0.1, -0.05) is 106 Å². The van der Waals surface area contributed by atoms with Crippen molar-refractivity contribution in [1.29, 1.82) is 0 Å². The predicted molar refractivity (Wildman–Crippen MR) is 120 cm³/mol. The summed E-state index contributed by atoms with van der Waals surface area (Å²) in [6.45, 7) is 6.81. The minimum Gasteiger partial charge on any atom is -0.0622 e. The maximum absolute atomic E-state index is 3.39.